The Hall–Kier alpha value is -1.08. The fourth-order valence-corrected chi connectivity index (χ4v) is 1.48. The molecule has 1 rings (SSSR count). The molecule has 0 atom stereocenters. The van der Waals surface area contributed by atoms with Gasteiger partial charge in [0.25, 0.3) is 0 Å². The van der Waals surface area contributed by atoms with Gasteiger partial charge in [-0.3, -0.25) is 0 Å². The van der Waals surface area contributed by atoms with Crippen LogP contribution in [0.3, 0.4) is 0 Å². The number of sulfonamides is 1. The Bertz CT molecular complexity index is 578. The number of carbonyl (C=O) groups is 1. The van der Waals surface area contributed by atoms with Crippen LogP contribution in [0.15, 0.2) is 17.0 Å². The zero-order chi connectivity index (χ0) is 13.4. The van der Waals surface area contributed by atoms with Crippen molar-refractivity contribution in [3.63, 3.8) is 0 Å². The summed E-state index contributed by atoms with van der Waals surface area (Å²) in [5.41, 5.74) is -2.69. The van der Waals surface area contributed by atoms with Crippen LogP contribution in [-0.4, -0.2) is 24.5 Å². The van der Waals surface area contributed by atoms with Gasteiger partial charge in [0.05, 0.1) is 4.90 Å². The van der Waals surface area contributed by atoms with E-state index in [2.05, 4.69) is 10.1 Å². The van der Waals surface area contributed by atoms with Crippen molar-refractivity contribution >= 4 is 16.0 Å². The number of hydrogen-bond donors (Lipinski definition) is 2. The number of hydrogen-bond acceptors (Lipinski definition) is 4. The predicted molar refractivity (Wildman–Crippen MR) is 48.7 cm³/mol. The molecule has 3 N–H and O–H groups in total. The van der Waals surface area contributed by atoms with Crippen LogP contribution in [-0.2, 0) is 16.2 Å². The summed E-state index contributed by atoms with van der Waals surface area (Å²) in [5, 5.41) is 13.1. The number of halogens is 3. The van der Waals surface area contributed by atoms with Crippen LogP contribution in [0, 0.1) is 0 Å². The maximum absolute atomic E-state index is 12.3. The Morgan fingerprint density at radius 1 is 1.39 bits per heavy atom. The summed E-state index contributed by atoms with van der Waals surface area (Å²) in [6.07, 6.45) is -4.97. The van der Waals surface area contributed by atoms with Crippen LogP contribution in [0.4, 0.5) is 13.2 Å². The van der Waals surface area contributed by atoms with Gasteiger partial charge in [0.1, 0.15) is 11.4 Å². The van der Waals surface area contributed by atoms with Gasteiger partial charge in [0.2, 0.25) is 10.0 Å². The minimum Gasteiger partial charge on any atom is -1.00 e. The third-order valence-electron chi connectivity index (χ3n) is 1.64. The monoisotopic (exact) mass is 278 g/mol. The van der Waals surface area contributed by atoms with Crippen molar-refractivity contribution < 1.29 is 51.8 Å². The van der Waals surface area contributed by atoms with E-state index in [1.54, 1.807) is 0 Å². The molecule has 0 bridgehead atoms. The standard InChI is InChI=1S/C7H5F3N2O4S.Li.H/c8-7(9,10)5-2-3(17(11,15)16)1-4(12-5)6(13)14;;/h1-2H,(H,13,14)(H2,11,15,16);;/q;+1;-1. The first-order valence-electron chi connectivity index (χ1n) is 3.87. The van der Waals surface area contributed by atoms with E-state index in [1.165, 1.54) is 0 Å². The molecule has 0 saturated heterocycles. The summed E-state index contributed by atoms with van der Waals surface area (Å²) >= 11 is 0. The topological polar surface area (TPSA) is 110 Å². The van der Waals surface area contributed by atoms with Crippen LogP contribution >= 0.6 is 0 Å². The number of alkyl halides is 3. The molecule has 1 aromatic rings. The van der Waals surface area contributed by atoms with Crippen LogP contribution < -0.4 is 24.0 Å². The van der Waals surface area contributed by atoms with Crippen LogP contribution in [0.1, 0.15) is 17.6 Å². The molecule has 0 aliphatic rings. The normalized spacial score (nSPS) is 11.8. The minimum absolute atomic E-state index is 0. The number of aromatic carboxylic acids is 1. The number of nitrogens with zero attached hydrogens (tertiary/aromatic N) is 1. The Balaban J connectivity index is 0. The van der Waals surface area contributed by atoms with E-state index in [0.717, 1.165) is 0 Å². The summed E-state index contributed by atoms with van der Waals surface area (Å²) in [7, 11) is -4.44. The molecule has 18 heavy (non-hydrogen) atoms. The zero-order valence-corrected chi connectivity index (χ0v) is 9.71. The average Bonchev–Trinajstić information content (AvgIpc) is 2.14. The van der Waals surface area contributed by atoms with Crippen molar-refractivity contribution in [2.75, 3.05) is 0 Å². The van der Waals surface area contributed by atoms with Gasteiger partial charge < -0.3 is 6.53 Å². The van der Waals surface area contributed by atoms with E-state index in [4.69, 9.17) is 5.11 Å². The molecule has 11 heteroatoms. The number of primary sulfonamides is 1. The summed E-state index contributed by atoms with van der Waals surface area (Å²) < 4.78 is 58.7. The molecule has 0 saturated carbocycles. The van der Waals surface area contributed by atoms with E-state index in [0.29, 0.717) is 6.07 Å². The van der Waals surface area contributed by atoms with Crippen LogP contribution in [0.5, 0.6) is 0 Å². The largest absolute Gasteiger partial charge is 1.00 e. The average molecular weight is 278 g/mol. The molecule has 0 amide bonds. The van der Waals surface area contributed by atoms with Gasteiger partial charge >= 0.3 is 31.0 Å². The summed E-state index contributed by atoms with van der Waals surface area (Å²) in [6.45, 7) is 0. The van der Waals surface area contributed by atoms with Gasteiger partial charge in [-0.1, -0.05) is 0 Å². The van der Waals surface area contributed by atoms with E-state index in [9.17, 15) is 26.4 Å². The second kappa shape index (κ2) is 5.27. The van der Waals surface area contributed by atoms with Crippen molar-refractivity contribution in [2.45, 2.75) is 11.1 Å². The molecule has 0 aromatic carbocycles. The number of nitrogens with two attached hydrogens (primary N) is 1. The Labute approximate surface area is 113 Å². The fraction of sp³-hybridized carbons (Fsp3) is 0.143. The predicted octanol–water partition coefficient (Wildman–Crippen LogP) is -2.44. The van der Waals surface area contributed by atoms with Gasteiger partial charge in [-0.25, -0.2) is 23.3 Å². The van der Waals surface area contributed by atoms with Gasteiger partial charge in [0.15, 0.2) is 0 Å². The molecule has 0 fully saturated rings. The number of aromatic nitrogens is 1. The third-order valence-corrected chi connectivity index (χ3v) is 2.53. The molecule has 0 radical (unpaired) electrons. The van der Waals surface area contributed by atoms with Gasteiger partial charge in [-0.05, 0) is 12.1 Å². The molecular weight excluding hydrogens is 272 g/mol. The number of rotatable bonds is 2. The Morgan fingerprint density at radius 2 is 1.89 bits per heavy atom. The van der Waals surface area contributed by atoms with Crippen LogP contribution in [0.25, 0.3) is 0 Å². The minimum atomic E-state index is -4.97. The zero-order valence-electron chi connectivity index (χ0n) is 9.89. The van der Waals surface area contributed by atoms with Crippen molar-refractivity contribution in [2.24, 2.45) is 5.14 Å². The molecule has 1 heterocycles. The summed E-state index contributed by atoms with van der Waals surface area (Å²) in [6, 6.07) is 0.620. The molecule has 0 aliphatic heterocycles. The van der Waals surface area contributed by atoms with Crippen molar-refractivity contribution in [1.82, 2.24) is 4.98 Å². The van der Waals surface area contributed by atoms with E-state index >= 15 is 0 Å². The van der Waals surface area contributed by atoms with Gasteiger partial charge in [0, 0.05) is 0 Å². The van der Waals surface area contributed by atoms with E-state index < -0.39 is 38.5 Å². The van der Waals surface area contributed by atoms with Gasteiger partial charge in [-0.2, -0.15) is 13.2 Å². The maximum Gasteiger partial charge on any atom is 1.00 e. The molecule has 0 aliphatic carbocycles. The van der Waals surface area contributed by atoms with E-state index in [1.807, 2.05) is 0 Å². The second-order valence-corrected chi connectivity index (χ2v) is 4.48. The smallest absolute Gasteiger partial charge is 1.00 e. The Morgan fingerprint density at radius 3 is 2.22 bits per heavy atom. The first-order valence-corrected chi connectivity index (χ1v) is 5.42. The maximum atomic E-state index is 12.3. The summed E-state index contributed by atoms with van der Waals surface area (Å²) in [4.78, 5) is 12.3. The summed E-state index contributed by atoms with van der Waals surface area (Å²) in [5.74, 6) is -1.79. The third kappa shape index (κ3) is 3.99. The number of pyridine rings is 1. The molecular formula is C7H6F3LiN2O4S. The quantitative estimate of drug-likeness (QED) is 0.584. The molecule has 0 unspecified atom stereocenters. The second-order valence-electron chi connectivity index (χ2n) is 2.92. The van der Waals surface area contributed by atoms with Gasteiger partial charge in [-0.15, -0.1) is 0 Å². The van der Waals surface area contributed by atoms with Crippen molar-refractivity contribution in [3.8, 4) is 0 Å². The first kappa shape index (κ1) is 16.9. The number of carboxylic acid groups (broad SMARTS) is 1. The fourth-order valence-electron chi connectivity index (χ4n) is 0.925. The number of carboxylic acids is 1. The van der Waals surface area contributed by atoms with Crippen molar-refractivity contribution in [1.29, 1.82) is 0 Å². The molecule has 0 spiro atoms. The first-order chi connectivity index (χ1) is 7.51. The molecule has 96 valence electrons. The molecule has 6 nitrogen and oxygen atoms in total. The SMILES string of the molecule is NS(=O)(=O)c1cc(C(=O)O)nc(C(F)(F)F)c1.[H-].[Li+]. The van der Waals surface area contributed by atoms with E-state index in [-0.39, 0.29) is 26.4 Å². The van der Waals surface area contributed by atoms with Crippen LogP contribution in [0.2, 0.25) is 0 Å². The molecule has 1 aromatic heterocycles. The van der Waals surface area contributed by atoms with Crippen molar-refractivity contribution in [3.05, 3.63) is 23.5 Å². The Kier molecular flexibility index (Phi) is 4.96.